The number of benzene rings is 6. The summed E-state index contributed by atoms with van der Waals surface area (Å²) in [5.74, 6) is -2.26. The van der Waals surface area contributed by atoms with Crippen LogP contribution in [0, 0.1) is 20.8 Å². The van der Waals surface area contributed by atoms with Crippen molar-refractivity contribution in [1.82, 2.24) is 64.0 Å². The van der Waals surface area contributed by atoms with Gasteiger partial charge in [0.15, 0.2) is 34.2 Å². The molecule has 1 aliphatic rings. The number of aromatic nitrogens is 13. The number of ether oxygens (including phenoxy) is 2. The van der Waals surface area contributed by atoms with Gasteiger partial charge in [-0.2, -0.15) is 20.4 Å². The van der Waals surface area contributed by atoms with Crippen LogP contribution in [0.5, 0.6) is 11.5 Å². The highest BCUT2D eigenvalue weighted by atomic mass is 35.5. The third kappa shape index (κ3) is 14.0. The predicted octanol–water partition coefficient (Wildman–Crippen LogP) is 15.8. The summed E-state index contributed by atoms with van der Waals surface area (Å²) >= 11 is 49.8. The molecule has 1 aliphatic heterocycles. The fraction of sp³-hybridized carbons (Fsp3) is 0.125. The maximum absolute atomic E-state index is 11.5. The average Bonchev–Trinajstić information content (AvgIpc) is 1.67. The van der Waals surface area contributed by atoms with E-state index in [0.717, 1.165) is 44.7 Å². The van der Waals surface area contributed by atoms with Crippen LogP contribution >= 0.6 is 92.8 Å². The maximum Gasteiger partial charge on any atom is 0.357 e. The number of pyridine rings is 1. The second-order valence-electron chi connectivity index (χ2n) is 20.5. The lowest BCUT2D eigenvalue weighted by atomic mass is 10.1. The molecule has 0 amide bonds. The van der Waals surface area contributed by atoms with E-state index in [1.165, 1.54) is 23.4 Å². The molecule has 6 aromatic carbocycles. The molecule has 0 atom stereocenters. The molecule has 7 aromatic heterocycles. The largest absolute Gasteiger partial charge is 0.478 e. The van der Waals surface area contributed by atoms with E-state index in [0.29, 0.717) is 126 Å². The van der Waals surface area contributed by atoms with Crippen molar-refractivity contribution in [1.29, 1.82) is 0 Å². The first-order valence-corrected chi connectivity index (χ1v) is 30.6. The van der Waals surface area contributed by atoms with Gasteiger partial charge in [0.1, 0.15) is 12.7 Å². The first kappa shape index (κ1) is 65.3. The summed E-state index contributed by atoms with van der Waals surface area (Å²) in [5.41, 5.74) is 9.13. The van der Waals surface area contributed by atoms with E-state index in [9.17, 15) is 24.6 Å². The van der Waals surface area contributed by atoms with Gasteiger partial charge in [0.2, 0.25) is 6.79 Å². The summed E-state index contributed by atoms with van der Waals surface area (Å²) in [5, 5.41) is 53.1. The molecule has 0 bridgehead atoms. The van der Waals surface area contributed by atoms with Gasteiger partial charge in [0.25, 0.3) is 0 Å². The summed E-state index contributed by atoms with van der Waals surface area (Å²) in [4.78, 5) is 54.7. The Morgan fingerprint density at radius 1 is 0.473 bits per heavy atom. The summed E-state index contributed by atoms with van der Waals surface area (Å²) < 4.78 is 17.3. The van der Waals surface area contributed by atoms with Gasteiger partial charge in [-0.25, -0.2) is 43.7 Å². The van der Waals surface area contributed by atoms with Gasteiger partial charge in [0.05, 0.1) is 76.3 Å². The Morgan fingerprint density at radius 3 is 1.42 bits per heavy atom. The zero-order valence-electron chi connectivity index (χ0n) is 48.5. The number of hydrogen-bond donors (Lipinski definition) is 3. The Hall–Kier alpha value is -9.16. The SMILES string of the molecule is Cc1ncnc2c1c(/C=C/C(=O)O)nn2Cc1c(Cl)cccc1Cl.Cc1ncnc2c1c(C(=O)O)nn2Cc1c(Cl)cccc1Cl.Cc1nn(Cc2c(Cl)cccc2Cl)c2cc3cccnc3cc12.O=C(O)c1nn(Cc2c(Cl)cccc2Cl)c2cc3c(cc12)OCO3. The smallest absolute Gasteiger partial charge is 0.357 e. The highest BCUT2D eigenvalue weighted by Crippen LogP contribution is 2.39. The molecule has 470 valence electrons. The second kappa shape index (κ2) is 28.0. The number of carbonyl (C=O) groups is 3. The van der Waals surface area contributed by atoms with Gasteiger partial charge in [-0.15, -0.1) is 0 Å². The Labute approximate surface area is 566 Å². The van der Waals surface area contributed by atoms with Crippen molar-refractivity contribution < 1.29 is 39.2 Å². The number of hydrogen-bond acceptors (Lipinski definition) is 14. The molecular formula is C64H45Cl8N13O8. The monoisotopic (exact) mass is 1400 g/mol. The zero-order chi connectivity index (χ0) is 65.9. The van der Waals surface area contributed by atoms with Crippen molar-refractivity contribution in [2.45, 2.75) is 47.0 Å². The molecule has 8 heterocycles. The van der Waals surface area contributed by atoms with Gasteiger partial charge < -0.3 is 24.8 Å². The standard InChI is InChI=1S/C18H13Cl2N3.C16H12Cl2N4O2.C16H10Cl2N2O4.C14H10Cl2N4O2/c1-11-13-9-17-12(4-3-7-21-17)8-18(13)23(22-11)10-14-15(19)5-2-6-16(14)20;1-9-15-13(5-6-14(23)24)21-22(16(15)20-8-19-9)7-10-11(17)3-2-4-12(10)18;17-10-2-1-3-11(18)9(10)6-20-12-5-14-13(23-7-24-14)4-8(12)15(19-20)16(21)22;1-7-11-12(14(21)22)19-20(13(11)18-6-17-7)5-8-9(15)3-2-4-10(8)16/h2-9H,10H2,1H3;2-6,8H,7H2,1H3,(H,23,24);1-5H,6-7H2,(H,21,22);2-4,6H,5H2,1H3,(H,21,22)/b;6-5+;;. The normalized spacial score (nSPS) is 11.7. The van der Waals surface area contributed by atoms with Crippen molar-refractivity contribution in [3.8, 4) is 11.5 Å². The lowest BCUT2D eigenvalue weighted by Crippen LogP contribution is -2.06. The van der Waals surface area contributed by atoms with Gasteiger partial charge in [-0.1, -0.05) is 123 Å². The molecule has 0 fully saturated rings. The van der Waals surface area contributed by atoms with E-state index < -0.39 is 17.9 Å². The van der Waals surface area contributed by atoms with E-state index in [-0.39, 0.29) is 31.3 Å². The summed E-state index contributed by atoms with van der Waals surface area (Å²) in [6, 6.07) is 32.7. The Morgan fingerprint density at radius 2 is 0.914 bits per heavy atom. The zero-order valence-corrected chi connectivity index (χ0v) is 54.6. The van der Waals surface area contributed by atoms with Crippen molar-refractivity contribution in [2.24, 2.45) is 0 Å². The minimum absolute atomic E-state index is 0.0634. The molecule has 0 radical (unpaired) electrons. The Kier molecular flexibility index (Phi) is 19.7. The van der Waals surface area contributed by atoms with Crippen LogP contribution in [0.15, 0.2) is 134 Å². The molecule has 14 rings (SSSR count). The molecule has 0 spiro atoms. The molecular weight excluding hydrogens is 1360 g/mol. The molecule has 93 heavy (non-hydrogen) atoms. The van der Waals surface area contributed by atoms with Crippen LogP contribution in [0.1, 0.15) is 66.0 Å². The number of aryl methyl sites for hydroxylation is 3. The van der Waals surface area contributed by atoms with Gasteiger partial charge in [-0.3, -0.25) is 14.3 Å². The minimum Gasteiger partial charge on any atom is -0.478 e. The maximum atomic E-state index is 11.5. The third-order valence-corrected chi connectivity index (χ3v) is 17.5. The van der Waals surface area contributed by atoms with Gasteiger partial charge >= 0.3 is 17.9 Å². The van der Waals surface area contributed by atoms with E-state index in [1.807, 2.05) is 42.8 Å². The van der Waals surface area contributed by atoms with Crippen LogP contribution in [-0.2, 0) is 31.0 Å². The fourth-order valence-corrected chi connectivity index (χ4v) is 12.2. The second-order valence-corrected chi connectivity index (χ2v) is 23.7. The van der Waals surface area contributed by atoms with Crippen LogP contribution in [0.3, 0.4) is 0 Å². The van der Waals surface area contributed by atoms with Crippen molar-refractivity contribution in [3.05, 3.63) is 231 Å². The van der Waals surface area contributed by atoms with Crippen LogP contribution in [0.4, 0.5) is 0 Å². The van der Waals surface area contributed by atoms with Gasteiger partial charge in [-0.05, 0) is 99.6 Å². The summed E-state index contributed by atoms with van der Waals surface area (Å²) in [6.45, 7) is 6.94. The van der Waals surface area contributed by atoms with E-state index in [2.05, 4.69) is 63.5 Å². The average molecular weight is 1410 g/mol. The van der Waals surface area contributed by atoms with E-state index in [1.54, 1.807) is 89.2 Å². The topological polar surface area (TPSA) is 266 Å². The fourth-order valence-electron chi connectivity index (χ4n) is 10.2. The predicted molar refractivity (Wildman–Crippen MR) is 359 cm³/mol. The molecule has 0 aliphatic carbocycles. The van der Waals surface area contributed by atoms with Crippen molar-refractivity contribution in [2.75, 3.05) is 6.79 Å². The Balaban J connectivity index is 0.000000127. The molecule has 0 unspecified atom stereocenters. The van der Waals surface area contributed by atoms with Crippen LogP contribution < -0.4 is 9.47 Å². The van der Waals surface area contributed by atoms with Crippen molar-refractivity contribution >= 4 is 172 Å². The highest BCUT2D eigenvalue weighted by molar-refractivity contribution is 6.37. The van der Waals surface area contributed by atoms with E-state index in [4.69, 9.17) is 107 Å². The van der Waals surface area contributed by atoms with Crippen LogP contribution in [-0.4, -0.2) is 104 Å². The summed E-state index contributed by atoms with van der Waals surface area (Å²) in [6.07, 6.45) is 7.06. The number of carboxylic acids is 3. The molecule has 21 nitrogen and oxygen atoms in total. The molecule has 3 N–H and O–H groups in total. The third-order valence-electron chi connectivity index (χ3n) is 14.6. The van der Waals surface area contributed by atoms with Crippen molar-refractivity contribution in [3.63, 3.8) is 0 Å². The number of halogens is 8. The quantitative estimate of drug-likeness (QED) is 0.0960. The number of aliphatic carboxylic acids is 1. The molecule has 13 aromatic rings. The first-order valence-electron chi connectivity index (χ1n) is 27.6. The first-order chi connectivity index (χ1) is 44.6. The molecule has 29 heteroatoms. The number of carboxylic acid groups (broad SMARTS) is 3. The van der Waals surface area contributed by atoms with Gasteiger partial charge in [0, 0.05) is 96.9 Å². The van der Waals surface area contributed by atoms with Crippen LogP contribution in [0.2, 0.25) is 40.2 Å². The number of rotatable bonds is 12. The lowest BCUT2D eigenvalue weighted by Gasteiger charge is -2.08. The minimum atomic E-state index is -1.13. The highest BCUT2D eigenvalue weighted by Gasteiger charge is 2.25. The van der Waals surface area contributed by atoms with E-state index >= 15 is 0 Å². The lowest BCUT2D eigenvalue weighted by molar-refractivity contribution is -0.131. The Bertz CT molecular complexity index is 5070. The number of nitrogens with zero attached hydrogens (tertiary/aromatic N) is 13. The molecule has 0 saturated heterocycles. The summed E-state index contributed by atoms with van der Waals surface area (Å²) in [7, 11) is 0. The van der Waals surface area contributed by atoms with Crippen LogP contribution in [0.25, 0.3) is 60.9 Å². The molecule has 0 saturated carbocycles. The number of aromatic carboxylic acids is 2. The number of fused-ring (bicyclic) bond motifs is 6.